The molecule has 0 fully saturated rings. The molecule has 2 aromatic carbocycles. The van der Waals surface area contributed by atoms with Crippen molar-refractivity contribution in [2.45, 2.75) is 0 Å². The molecule has 0 aliphatic rings. The van der Waals surface area contributed by atoms with Gasteiger partial charge in [0.05, 0.1) is 11.4 Å². The van der Waals surface area contributed by atoms with Crippen LogP contribution in [0.5, 0.6) is 0 Å². The predicted octanol–water partition coefficient (Wildman–Crippen LogP) is 3.00. The minimum Gasteiger partial charge on any atom is -0.397 e. The lowest BCUT2D eigenvalue weighted by Crippen LogP contribution is -1.96. The van der Waals surface area contributed by atoms with Gasteiger partial charge in [-0.2, -0.15) is 0 Å². The molecule has 3 rings (SSSR count). The Kier molecular flexibility index (Phi) is 2.05. The van der Waals surface area contributed by atoms with Gasteiger partial charge in [-0.25, -0.2) is 0 Å². The molecule has 1 heterocycles. The van der Waals surface area contributed by atoms with Crippen LogP contribution in [0.1, 0.15) is 0 Å². The summed E-state index contributed by atoms with van der Waals surface area (Å²) >= 11 is 0. The fourth-order valence-corrected chi connectivity index (χ4v) is 2.04. The number of fused-ring (bicyclic) bond motifs is 1. The number of para-hydroxylation sites is 2. The van der Waals surface area contributed by atoms with Gasteiger partial charge in [0.15, 0.2) is 0 Å². The zero-order valence-electron chi connectivity index (χ0n) is 9.27. The van der Waals surface area contributed by atoms with Crippen LogP contribution in [-0.4, -0.2) is 4.98 Å². The van der Waals surface area contributed by atoms with Crippen LogP contribution in [0.2, 0.25) is 0 Å². The number of rotatable bonds is 1. The molecule has 3 aromatic rings. The summed E-state index contributed by atoms with van der Waals surface area (Å²) in [6.45, 7) is 0. The highest BCUT2D eigenvalue weighted by Crippen LogP contribution is 2.31. The molecule has 0 atom stereocenters. The highest BCUT2D eigenvalue weighted by molar-refractivity contribution is 5.90. The van der Waals surface area contributed by atoms with E-state index >= 15 is 0 Å². The Bertz CT molecular complexity index is 650. The molecule has 1 aromatic heterocycles. The standard InChI is InChI=1S/C14H13N3/c15-11-6-3-5-10(14(11)16)13-8-9-4-1-2-7-12(9)17-13/h1-8,17H,15-16H2. The van der Waals surface area contributed by atoms with Gasteiger partial charge >= 0.3 is 0 Å². The Hall–Kier alpha value is -2.42. The van der Waals surface area contributed by atoms with E-state index in [-0.39, 0.29) is 0 Å². The van der Waals surface area contributed by atoms with Crippen LogP contribution in [0.25, 0.3) is 22.2 Å². The van der Waals surface area contributed by atoms with Gasteiger partial charge in [-0.1, -0.05) is 30.3 Å². The molecule has 0 bridgehead atoms. The largest absolute Gasteiger partial charge is 0.397 e. The van der Waals surface area contributed by atoms with Crippen molar-refractivity contribution in [1.82, 2.24) is 4.98 Å². The summed E-state index contributed by atoms with van der Waals surface area (Å²) in [5.74, 6) is 0. The Morgan fingerprint density at radius 3 is 2.53 bits per heavy atom. The maximum Gasteiger partial charge on any atom is 0.0642 e. The van der Waals surface area contributed by atoms with E-state index in [0.29, 0.717) is 11.4 Å². The third kappa shape index (κ3) is 1.52. The average Bonchev–Trinajstić information content (AvgIpc) is 2.76. The fourth-order valence-electron chi connectivity index (χ4n) is 2.04. The lowest BCUT2D eigenvalue weighted by Gasteiger charge is -2.05. The van der Waals surface area contributed by atoms with Crippen molar-refractivity contribution in [3.63, 3.8) is 0 Å². The van der Waals surface area contributed by atoms with E-state index in [1.165, 1.54) is 5.39 Å². The zero-order valence-corrected chi connectivity index (χ0v) is 9.27. The lowest BCUT2D eigenvalue weighted by molar-refractivity contribution is 1.45. The second kappa shape index (κ2) is 3.56. The summed E-state index contributed by atoms with van der Waals surface area (Å²) in [4.78, 5) is 3.34. The van der Waals surface area contributed by atoms with Gasteiger partial charge in [-0.05, 0) is 18.2 Å². The van der Waals surface area contributed by atoms with Crippen LogP contribution in [-0.2, 0) is 0 Å². The minimum absolute atomic E-state index is 0.612. The van der Waals surface area contributed by atoms with Gasteiger partial charge in [-0.15, -0.1) is 0 Å². The number of nitrogens with one attached hydrogen (secondary N) is 1. The Balaban J connectivity index is 2.24. The summed E-state index contributed by atoms with van der Waals surface area (Å²) in [5, 5.41) is 1.17. The number of benzene rings is 2. The number of H-pyrrole nitrogens is 1. The van der Waals surface area contributed by atoms with Crippen molar-refractivity contribution < 1.29 is 0 Å². The van der Waals surface area contributed by atoms with Crippen LogP contribution in [0.4, 0.5) is 11.4 Å². The molecule has 5 N–H and O–H groups in total. The van der Waals surface area contributed by atoms with E-state index in [1.54, 1.807) is 0 Å². The molecule has 0 aliphatic carbocycles. The second-order valence-corrected chi connectivity index (χ2v) is 4.08. The number of nitrogens with two attached hydrogens (primary N) is 2. The summed E-state index contributed by atoms with van der Waals surface area (Å²) in [7, 11) is 0. The third-order valence-electron chi connectivity index (χ3n) is 2.96. The van der Waals surface area contributed by atoms with Crippen LogP contribution in [0.3, 0.4) is 0 Å². The normalized spacial score (nSPS) is 10.8. The minimum atomic E-state index is 0.612. The molecule has 0 amide bonds. The molecule has 3 nitrogen and oxygen atoms in total. The number of anilines is 2. The highest BCUT2D eigenvalue weighted by Gasteiger charge is 2.07. The van der Waals surface area contributed by atoms with Crippen LogP contribution in [0, 0.1) is 0 Å². The summed E-state index contributed by atoms with van der Waals surface area (Å²) in [5.41, 5.74) is 16.1. The maximum atomic E-state index is 5.99. The molecule has 17 heavy (non-hydrogen) atoms. The summed E-state index contributed by atoms with van der Waals surface area (Å²) < 4.78 is 0. The quantitative estimate of drug-likeness (QED) is 0.555. The number of hydrogen-bond donors (Lipinski definition) is 3. The molecule has 0 spiro atoms. The number of nitrogen functional groups attached to an aromatic ring is 2. The molecule has 0 saturated heterocycles. The van der Waals surface area contributed by atoms with Crippen LogP contribution in [0.15, 0.2) is 48.5 Å². The van der Waals surface area contributed by atoms with Gasteiger partial charge in [-0.3, -0.25) is 0 Å². The molecule has 0 saturated carbocycles. The van der Waals surface area contributed by atoms with Crippen molar-refractivity contribution in [2.75, 3.05) is 11.5 Å². The van der Waals surface area contributed by atoms with E-state index in [1.807, 2.05) is 36.4 Å². The topological polar surface area (TPSA) is 67.8 Å². The summed E-state index contributed by atoms with van der Waals surface area (Å²) in [6.07, 6.45) is 0. The van der Waals surface area contributed by atoms with Crippen molar-refractivity contribution in [3.05, 3.63) is 48.5 Å². The van der Waals surface area contributed by atoms with E-state index in [9.17, 15) is 0 Å². The molecular formula is C14H13N3. The van der Waals surface area contributed by atoms with Crippen molar-refractivity contribution in [3.8, 4) is 11.3 Å². The van der Waals surface area contributed by atoms with Gasteiger partial charge in [0.25, 0.3) is 0 Å². The smallest absolute Gasteiger partial charge is 0.0642 e. The van der Waals surface area contributed by atoms with E-state index in [0.717, 1.165) is 16.8 Å². The van der Waals surface area contributed by atoms with Gasteiger partial charge in [0.2, 0.25) is 0 Å². The first-order valence-electron chi connectivity index (χ1n) is 5.48. The van der Waals surface area contributed by atoms with Crippen molar-refractivity contribution in [1.29, 1.82) is 0 Å². The van der Waals surface area contributed by atoms with Crippen molar-refractivity contribution in [2.24, 2.45) is 0 Å². The Morgan fingerprint density at radius 2 is 1.71 bits per heavy atom. The predicted molar refractivity (Wildman–Crippen MR) is 72.6 cm³/mol. The lowest BCUT2D eigenvalue weighted by atomic mass is 10.1. The third-order valence-corrected chi connectivity index (χ3v) is 2.96. The molecule has 3 heteroatoms. The first-order chi connectivity index (χ1) is 8.25. The SMILES string of the molecule is Nc1cccc(-c2cc3ccccc3[nH]2)c1N. The molecular weight excluding hydrogens is 210 g/mol. The van der Waals surface area contributed by atoms with E-state index in [2.05, 4.69) is 17.1 Å². The van der Waals surface area contributed by atoms with Gasteiger partial charge in [0.1, 0.15) is 0 Å². The van der Waals surface area contributed by atoms with Crippen LogP contribution >= 0.6 is 0 Å². The van der Waals surface area contributed by atoms with Crippen LogP contribution < -0.4 is 11.5 Å². The van der Waals surface area contributed by atoms with Gasteiger partial charge in [0, 0.05) is 22.2 Å². The van der Waals surface area contributed by atoms with E-state index < -0.39 is 0 Å². The molecule has 0 radical (unpaired) electrons. The second-order valence-electron chi connectivity index (χ2n) is 4.08. The molecule has 0 aliphatic heterocycles. The Morgan fingerprint density at radius 1 is 0.882 bits per heavy atom. The number of aromatic nitrogens is 1. The highest BCUT2D eigenvalue weighted by atomic mass is 14.7. The van der Waals surface area contributed by atoms with Crippen molar-refractivity contribution >= 4 is 22.3 Å². The molecule has 84 valence electrons. The average molecular weight is 223 g/mol. The monoisotopic (exact) mass is 223 g/mol. The fraction of sp³-hybridized carbons (Fsp3) is 0. The number of hydrogen-bond acceptors (Lipinski definition) is 2. The zero-order chi connectivity index (χ0) is 11.8. The Labute approximate surface area is 99.1 Å². The first-order valence-corrected chi connectivity index (χ1v) is 5.48. The van der Waals surface area contributed by atoms with Gasteiger partial charge < -0.3 is 16.5 Å². The maximum absolute atomic E-state index is 5.99. The molecule has 0 unspecified atom stereocenters. The number of aromatic amines is 1. The first kappa shape index (κ1) is 9.78. The van der Waals surface area contributed by atoms with E-state index in [4.69, 9.17) is 11.5 Å². The summed E-state index contributed by atoms with van der Waals surface area (Å²) in [6, 6.07) is 15.9.